The summed E-state index contributed by atoms with van der Waals surface area (Å²) in [6.07, 6.45) is 2.37. The molecule has 0 saturated carbocycles. The summed E-state index contributed by atoms with van der Waals surface area (Å²) in [6, 6.07) is 5.88. The van der Waals surface area contributed by atoms with Crippen molar-refractivity contribution in [2.75, 3.05) is 11.1 Å². The summed E-state index contributed by atoms with van der Waals surface area (Å²) < 4.78 is 5.70. The average Bonchev–Trinajstić information content (AvgIpc) is 2.23. The van der Waals surface area contributed by atoms with Gasteiger partial charge in [-0.1, -0.05) is 19.4 Å². The number of para-hydroxylation sites is 1. The molecule has 1 rings (SSSR count). The predicted molar refractivity (Wildman–Crippen MR) is 79.2 cm³/mol. The van der Waals surface area contributed by atoms with Gasteiger partial charge in [-0.25, -0.2) is 0 Å². The smallest absolute Gasteiger partial charge is 0.144 e. The summed E-state index contributed by atoms with van der Waals surface area (Å²) >= 11 is 0. The highest BCUT2D eigenvalue weighted by Gasteiger charge is 2.18. The van der Waals surface area contributed by atoms with Gasteiger partial charge in [0.25, 0.3) is 0 Å². The van der Waals surface area contributed by atoms with E-state index in [1.165, 1.54) is 0 Å². The fourth-order valence-corrected chi connectivity index (χ4v) is 2.06. The zero-order chi connectivity index (χ0) is 13.8. The second-order valence-corrected chi connectivity index (χ2v) is 5.64. The molecule has 0 spiro atoms. The summed E-state index contributed by atoms with van der Waals surface area (Å²) in [5.41, 5.74) is 7.83. The van der Waals surface area contributed by atoms with Crippen LogP contribution in [0.1, 0.15) is 47.5 Å². The Kier molecular flexibility index (Phi) is 4.88. The second-order valence-electron chi connectivity index (χ2n) is 5.64. The number of rotatable bonds is 6. The van der Waals surface area contributed by atoms with Crippen LogP contribution in [0.3, 0.4) is 0 Å². The molecule has 0 fully saturated rings. The number of ether oxygens (including phenoxy) is 1. The Bertz CT molecular complexity index is 386. The van der Waals surface area contributed by atoms with Crippen molar-refractivity contribution in [3.8, 4) is 5.75 Å². The lowest BCUT2D eigenvalue weighted by Crippen LogP contribution is -2.30. The fraction of sp³-hybridized carbons (Fsp3) is 0.600. The van der Waals surface area contributed by atoms with Gasteiger partial charge in [-0.15, -0.1) is 0 Å². The van der Waals surface area contributed by atoms with E-state index < -0.39 is 0 Å². The lowest BCUT2D eigenvalue weighted by Gasteiger charge is -2.28. The van der Waals surface area contributed by atoms with Crippen molar-refractivity contribution in [3.05, 3.63) is 18.2 Å². The molecule has 0 aromatic heterocycles. The van der Waals surface area contributed by atoms with E-state index in [9.17, 15) is 0 Å². The van der Waals surface area contributed by atoms with Gasteiger partial charge in [0.1, 0.15) is 5.75 Å². The van der Waals surface area contributed by atoms with Crippen molar-refractivity contribution in [2.45, 2.75) is 59.1 Å². The molecule has 3 N–H and O–H groups in total. The Morgan fingerprint density at radius 2 is 2.00 bits per heavy atom. The lowest BCUT2D eigenvalue weighted by atomic mass is 9.98. The topological polar surface area (TPSA) is 47.3 Å². The van der Waals surface area contributed by atoms with Crippen LogP contribution in [0.2, 0.25) is 0 Å². The molecule has 0 aliphatic heterocycles. The van der Waals surface area contributed by atoms with Crippen molar-refractivity contribution < 1.29 is 4.74 Å². The maximum absolute atomic E-state index is 6.15. The first-order valence-corrected chi connectivity index (χ1v) is 6.69. The number of hydrogen-bond donors (Lipinski definition) is 2. The van der Waals surface area contributed by atoms with E-state index in [0.29, 0.717) is 5.69 Å². The van der Waals surface area contributed by atoms with Crippen LogP contribution in [0.15, 0.2) is 18.2 Å². The van der Waals surface area contributed by atoms with Gasteiger partial charge < -0.3 is 15.8 Å². The van der Waals surface area contributed by atoms with Crippen LogP contribution in [0.5, 0.6) is 5.75 Å². The average molecular weight is 250 g/mol. The van der Waals surface area contributed by atoms with Gasteiger partial charge in [-0.3, -0.25) is 0 Å². The summed E-state index contributed by atoms with van der Waals surface area (Å²) in [7, 11) is 0. The first-order chi connectivity index (χ1) is 8.35. The first-order valence-electron chi connectivity index (χ1n) is 6.69. The summed E-state index contributed by atoms with van der Waals surface area (Å²) in [4.78, 5) is 0. The molecule has 3 heteroatoms. The third kappa shape index (κ3) is 4.13. The van der Waals surface area contributed by atoms with Crippen LogP contribution < -0.4 is 15.8 Å². The lowest BCUT2D eigenvalue weighted by molar-refractivity contribution is 0.244. The van der Waals surface area contributed by atoms with Gasteiger partial charge in [0.15, 0.2) is 0 Å². The van der Waals surface area contributed by atoms with Crippen LogP contribution in [0.4, 0.5) is 11.4 Å². The molecule has 18 heavy (non-hydrogen) atoms. The van der Waals surface area contributed by atoms with Crippen LogP contribution in [-0.4, -0.2) is 11.6 Å². The summed E-state index contributed by atoms with van der Waals surface area (Å²) in [5, 5.41) is 3.50. The molecule has 0 atom stereocenters. The van der Waals surface area contributed by atoms with Crippen molar-refractivity contribution in [1.29, 1.82) is 0 Å². The van der Waals surface area contributed by atoms with Crippen molar-refractivity contribution in [3.63, 3.8) is 0 Å². The number of anilines is 2. The van der Waals surface area contributed by atoms with Gasteiger partial charge in [0.2, 0.25) is 0 Å². The normalized spacial score (nSPS) is 11.7. The molecule has 0 bridgehead atoms. The first kappa shape index (κ1) is 14.7. The van der Waals surface area contributed by atoms with E-state index in [0.717, 1.165) is 24.3 Å². The van der Waals surface area contributed by atoms with Gasteiger partial charge in [0, 0.05) is 5.54 Å². The van der Waals surface area contributed by atoms with Crippen LogP contribution >= 0.6 is 0 Å². The fourth-order valence-electron chi connectivity index (χ4n) is 2.06. The molecule has 0 radical (unpaired) electrons. The SMILES string of the molecule is CCCC(C)(C)Nc1cccc(OC(C)C)c1N. The standard InChI is InChI=1S/C15H26N2O/c1-6-10-15(4,5)17-12-8-7-9-13(14(12)16)18-11(2)3/h7-9,11,17H,6,10,16H2,1-5H3. The molecule has 1 aromatic rings. The van der Waals surface area contributed by atoms with E-state index in [1.54, 1.807) is 0 Å². The van der Waals surface area contributed by atoms with Gasteiger partial charge in [-0.2, -0.15) is 0 Å². The molecule has 3 nitrogen and oxygen atoms in total. The molecule has 0 amide bonds. The monoisotopic (exact) mass is 250 g/mol. The van der Waals surface area contributed by atoms with Crippen molar-refractivity contribution in [2.24, 2.45) is 0 Å². The van der Waals surface area contributed by atoms with E-state index in [-0.39, 0.29) is 11.6 Å². The minimum Gasteiger partial charge on any atom is -0.489 e. The van der Waals surface area contributed by atoms with E-state index in [2.05, 4.69) is 26.1 Å². The molecule has 0 unspecified atom stereocenters. The zero-order valence-electron chi connectivity index (χ0n) is 12.2. The van der Waals surface area contributed by atoms with E-state index >= 15 is 0 Å². The Labute approximate surface area is 111 Å². The molecule has 1 aromatic carbocycles. The van der Waals surface area contributed by atoms with Gasteiger partial charge in [-0.05, 0) is 46.2 Å². The van der Waals surface area contributed by atoms with Crippen molar-refractivity contribution >= 4 is 11.4 Å². The van der Waals surface area contributed by atoms with Crippen LogP contribution in [-0.2, 0) is 0 Å². The molecule has 102 valence electrons. The largest absolute Gasteiger partial charge is 0.489 e. The number of nitrogens with two attached hydrogens (primary N) is 1. The molecular formula is C15H26N2O. The van der Waals surface area contributed by atoms with Gasteiger partial charge >= 0.3 is 0 Å². The zero-order valence-corrected chi connectivity index (χ0v) is 12.2. The maximum atomic E-state index is 6.15. The Hall–Kier alpha value is -1.38. The Morgan fingerprint density at radius 3 is 2.56 bits per heavy atom. The molecule has 0 aliphatic rings. The van der Waals surface area contributed by atoms with Crippen LogP contribution in [0, 0.1) is 0 Å². The highest BCUT2D eigenvalue weighted by Crippen LogP contribution is 2.32. The Balaban J connectivity index is 2.90. The number of benzene rings is 1. The number of nitrogens with one attached hydrogen (secondary N) is 1. The predicted octanol–water partition coefficient (Wildman–Crippen LogP) is 4.05. The highest BCUT2D eigenvalue weighted by molar-refractivity contribution is 5.73. The minimum atomic E-state index is 0.0410. The third-order valence-electron chi connectivity index (χ3n) is 2.78. The molecule has 0 aliphatic carbocycles. The molecule has 0 heterocycles. The van der Waals surface area contributed by atoms with Crippen LogP contribution in [0.25, 0.3) is 0 Å². The third-order valence-corrected chi connectivity index (χ3v) is 2.78. The number of nitrogen functional groups attached to an aromatic ring is 1. The minimum absolute atomic E-state index is 0.0410. The second kappa shape index (κ2) is 5.98. The molecular weight excluding hydrogens is 224 g/mol. The summed E-state index contributed by atoms with van der Waals surface area (Å²) in [6.45, 7) is 10.6. The maximum Gasteiger partial charge on any atom is 0.144 e. The molecule has 0 saturated heterocycles. The van der Waals surface area contributed by atoms with E-state index in [1.807, 2.05) is 32.0 Å². The Morgan fingerprint density at radius 1 is 1.33 bits per heavy atom. The summed E-state index contributed by atoms with van der Waals surface area (Å²) in [5.74, 6) is 0.752. The van der Waals surface area contributed by atoms with Crippen molar-refractivity contribution in [1.82, 2.24) is 0 Å². The van der Waals surface area contributed by atoms with Gasteiger partial charge in [0.05, 0.1) is 17.5 Å². The number of hydrogen-bond acceptors (Lipinski definition) is 3. The highest BCUT2D eigenvalue weighted by atomic mass is 16.5. The van der Waals surface area contributed by atoms with E-state index in [4.69, 9.17) is 10.5 Å². The quantitative estimate of drug-likeness (QED) is 0.749.